The molecule has 18 heavy (non-hydrogen) atoms. The Hall–Kier alpha value is -0.610. The lowest BCUT2D eigenvalue weighted by Gasteiger charge is -2.19. The van der Waals surface area contributed by atoms with E-state index < -0.39 is 0 Å². The van der Waals surface area contributed by atoms with E-state index in [4.69, 9.17) is 18.0 Å². The highest BCUT2D eigenvalue weighted by molar-refractivity contribution is 9.10. The average Bonchev–Trinajstić information content (AvgIpc) is 3.14. The van der Waals surface area contributed by atoms with Crippen molar-refractivity contribution in [2.45, 2.75) is 38.6 Å². The van der Waals surface area contributed by atoms with Crippen molar-refractivity contribution in [2.75, 3.05) is 5.32 Å². The van der Waals surface area contributed by atoms with Gasteiger partial charge in [0.05, 0.1) is 0 Å². The molecule has 0 aromatic heterocycles. The molecule has 1 saturated carbocycles. The number of thiocarbonyl (C=S) groups is 1. The van der Waals surface area contributed by atoms with Crippen LogP contribution in [0.15, 0.2) is 22.7 Å². The largest absolute Gasteiger partial charge is 0.389 e. The summed E-state index contributed by atoms with van der Waals surface area (Å²) in [6.07, 6.45) is 5.24. The van der Waals surface area contributed by atoms with Crippen molar-refractivity contribution in [1.29, 1.82) is 0 Å². The van der Waals surface area contributed by atoms with Gasteiger partial charge in [0.1, 0.15) is 4.99 Å². The summed E-state index contributed by atoms with van der Waals surface area (Å²) in [6.45, 7) is 2.23. The third kappa shape index (κ3) is 3.69. The molecule has 0 bridgehead atoms. The molecule has 1 aliphatic rings. The van der Waals surface area contributed by atoms with Gasteiger partial charge in [0.2, 0.25) is 0 Å². The van der Waals surface area contributed by atoms with E-state index in [1.807, 2.05) is 18.2 Å². The lowest BCUT2D eigenvalue weighted by Crippen LogP contribution is -2.19. The van der Waals surface area contributed by atoms with Crippen LogP contribution in [0, 0.1) is 5.92 Å². The zero-order valence-electron chi connectivity index (χ0n) is 10.6. The van der Waals surface area contributed by atoms with Gasteiger partial charge in [-0.05, 0) is 52.9 Å². The van der Waals surface area contributed by atoms with Crippen molar-refractivity contribution in [3.05, 3.63) is 28.2 Å². The molecule has 0 heterocycles. The monoisotopic (exact) mass is 326 g/mol. The first kappa shape index (κ1) is 13.8. The minimum atomic E-state index is 0.437. The molecule has 4 heteroatoms. The standard InChI is InChI=1S/C14H19BrN2S/c1-2-11(7-9-3-4-9)17-13-6-5-10(14(16)18)8-12(13)15/h5-6,8-9,11,17H,2-4,7H2,1H3,(H2,16,18). The van der Waals surface area contributed by atoms with Gasteiger partial charge in [-0.15, -0.1) is 0 Å². The zero-order chi connectivity index (χ0) is 13.1. The van der Waals surface area contributed by atoms with Gasteiger partial charge in [0, 0.05) is 21.8 Å². The Balaban J connectivity index is 2.05. The molecule has 0 amide bonds. The maximum absolute atomic E-state index is 5.62. The number of nitrogens with two attached hydrogens (primary N) is 1. The fourth-order valence-electron chi connectivity index (χ4n) is 2.09. The van der Waals surface area contributed by atoms with E-state index in [1.54, 1.807) is 0 Å². The third-order valence-corrected chi connectivity index (χ3v) is 4.31. The molecular formula is C14H19BrN2S. The maximum atomic E-state index is 5.62. The number of hydrogen-bond donors (Lipinski definition) is 2. The van der Waals surface area contributed by atoms with Gasteiger partial charge < -0.3 is 11.1 Å². The highest BCUT2D eigenvalue weighted by Gasteiger charge is 2.24. The van der Waals surface area contributed by atoms with Crippen molar-refractivity contribution in [3.8, 4) is 0 Å². The van der Waals surface area contributed by atoms with E-state index in [-0.39, 0.29) is 0 Å². The second-order valence-electron chi connectivity index (χ2n) is 4.99. The number of nitrogens with one attached hydrogen (secondary N) is 1. The van der Waals surface area contributed by atoms with E-state index in [2.05, 4.69) is 28.2 Å². The molecule has 2 rings (SSSR count). The summed E-state index contributed by atoms with van der Waals surface area (Å²) >= 11 is 8.55. The van der Waals surface area contributed by atoms with Gasteiger partial charge in [0.25, 0.3) is 0 Å². The van der Waals surface area contributed by atoms with Crippen molar-refractivity contribution in [2.24, 2.45) is 11.7 Å². The average molecular weight is 327 g/mol. The number of benzene rings is 1. The SMILES string of the molecule is CCC(CC1CC1)Nc1ccc(C(N)=S)cc1Br. The van der Waals surface area contributed by atoms with E-state index >= 15 is 0 Å². The summed E-state index contributed by atoms with van der Waals surface area (Å²) in [5.74, 6) is 0.942. The summed E-state index contributed by atoms with van der Waals surface area (Å²) in [5, 5.41) is 3.60. The fourth-order valence-corrected chi connectivity index (χ4v) is 2.71. The molecule has 1 atom stereocenters. The van der Waals surface area contributed by atoms with Crippen LogP contribution >= 0.6 is 28.1 Å². The molecule has 0 radical (unpaired) electrons. The van der Waals surface area contributed by atoms with Crippen LogP contribution in [0.1, 0.15) is 38.2 Å². The van der Waals surface area contributed by atoms with Gasteiger partial charge in [-0.1, -0.05) is 32.0 Å². The zero-order valence-corrected chi connectivity index (χ0v) is 13.0. The number of hydrogen-bond acceptors (Lipinski definition) is 2. The van der Waals surface area contributed by atoms with Crippen LogP contribution in [0.25, 0.3) is 0 Å². The normalized spacial score (nSPS) is 16.3. The Bertz CT molecular complexity index is 443. The van der Waals surface area contributed by atoms with Crippen LogP contribution in [0.2, 0.25) is 0 Å². The van der Waals surface area contributed by atoms with E-state index in [1.165, 1.54) is 19.3 Å². The maximum Gasteiger partial charge on any atom is 0.104 e. The summed E-state index contributed by atoms with van der Waals surface area (Å²) in [7, 11) is 0. The smallest absolute Gasteiger partial charge is 0.104 e. The number of anilines is 1. The first-order chi connectivity index (χ1) is 8.60. The Morgan fingerprint density at radius 3 is 2.78 bits per heavy atom. The predicted molar refractivity (Wildman–Crippen MR) is 85.1 cm³/mol. The minimum Gasteiger partial charge on any atom is -0.389 e. The topological polar surface area (TPSA) is 38.0 Å². The van der Waals surface area contributed by atoms with Gasteiger partial charge >= 0.3 is 0 Å². The van der Waals surface area contributed by atoms with Gasteiger partial charge in [0.15, 0.2) is 0 Å². The van der Waals surface area contributed by atoms with Crippen LogP contribution in [-0.2, 0) is 0 Å². The third-order valence-electron chi connectivity index (χ3n) is 3.42. The van der Waals surface area contributed by atoms with Crippen molar-refractivity contribution < 1.29 is 0 Å². The second-order valence-corrected chi connectivity index (χ2v) is 6.28. The number of rotatable bonds is 6. The molecule has 1 fully saturated rings. The molecule has 0 saturated heterocycles. The quantitative estimate of drug-likeness (QED) is 0.774. The van der Waals surface area contributed by atoms with E-state index in [0.29, 0.717) is 11.0 Å². The Morgan fingerprint density at radius 1 is 1.56 bits per heavy atom. The van der Waals surface area contributed by atoms with Gasteiger partial charge in [-0.25, -0.2) is 0 Å². The molecule has 3 N–H and O–H groups in total. The van der Waals surface area contributed by atoms with Crippen LogP contribution < -0.4 is 11.1 Å². The van der Waals surface area contributed by atoms with Crippen LogP contribution in [0.4, 0.5) is 5.69 Å². The second kappa shape index (κ2) is 6.02. The lowest BCUT2D eigenvalue weighted by molar-refractivity contribution is 0.587. The minimum absolute atomic E-state index is 0.437. The molecule has 1 aromatic carbocycles. The van der Waals surface area contributed by atoms with Crippen LogP contribution in [-0.4, -0.2) is 11.0 Å². The summed E-state index contributed by atoms with van der Waals surface area (Å²) in [4.78, 5) is 0.437. The van der Waals surface area contributed by atoms with Gasteiger partial charge in [-0.3, -0.25) is 0 Å². The molecule has 1 aliphatic carbocycles. The van der Waals surface area contributed by atoms with E-state index in [9.17, 15) is 0 Å². The van der Waals surface area contributed by atoms with Crippen molar-refractivity contribution in [3.63, 3.8) is 0 Å². The molecule has 98 valence electrons. The van der Waals surface area contributed by atoms with Crippen LogP contribution in [0.5, 0.6) is 0 Å². The summed E-state index contributed by atoms with van der Waals surface area (Å²) < 4.78 is 1.03. The van der Waals surface area contributed by atoms with Crippen molar-refractivity contribution in [1.82, 2.24) is 0 Å². The number of halogens is 1. The molecular weight excluding hydrogens is 308 g/mol. The van der Waals surface area contributed by atoms with Crippen molar-refractivity contribution >= 4 is 38.8 Å². The highest BCUT2D eigenvalue weighted by Crippen LogP contribution is 2.35. The van der Waals surface area contributed by atoms with E-state index in [0.717, 1.165) is 28.1 Å². The first-order valence-corrected chi connectivity index (χ1v) is 7.66. The molecule has 1 unspecified atom stereocenters. The molecule has 1 aromatic rings. The molecule has 2 nitrogen and oxygen atoms in total. The predicted octanol–water partition coefficient (Wildman–Crippen LogP) is 4.07. The summed E-state index contributed by atoms with van der Waals surface area (Å²) in [6, 6.07) is 6.56. The molecule has 0 spiro atoms. The Morgan fingerprint density at radius 2 is 2.28 bits per heavy atom. The Labute approximate surface area is 122 Å². The highest BCUT2D eigenvalue weighted by atomic mass is 79.9. The lowest BCUT2D eigenvalue weighted by atomic mass is 10.1. The van der Waals surface area contributed by atoms with Crippen LogP contribution in [0.3, 0.4) is 0 Å². The molecule has 0 aliphatic heterocycles. The first-order valence-electron chi connectivity index (χ1n) is 6.46. The summed E-state index contributed by atoms with van der Waals surface area (Å²) in [5.41, 5.74) is 7.65. The van der Waals surface area contributed by atoms with Gasteiger partial charge in [-0.2, -0.15) is 0 Å². The Kier molecular flexibility index (Phi) is 4.62. The fraction of sp³-hybridized carbons (Fsp3) is 0.500.